The van der Waals surface area contributed by atoms with Crippen LogP contribution in [0.4, 0.5) is 18.0 Å². The number of carboxylic acid groups (broad SMARTS) is 1. The van der Waals surface area contributed by atoms with Gasteiger partial charge in [0.25, 0.3) is 5.91 Å². The molecule has 36 heavy (non-hydrogen) atoms. The van der Waals surface area contributed by atoms with Gasteiger partial charge in [-0.25, -0.2) is 13.2 Å². The fourth-order valence-corrected chi connectivity index (χ4v) is 6.22. The average molecular weight is 534 g/mol. The van der Waals surface area contributed by atoms with E-state index in [9.17, 15) is 36.0 Å². The van der Waals surface area contributed by atoms with E-state index in [-0.39, 0.29) is 30.7 Å². The molecule has 3 rings (SSSR count). The number of nitrogens with one attached hydrogen (secondary N) is 2. The van der Waals surface area contributed by atoms with Gasteiger partial charge in [-0.15, -0.1) is 0 Å². The lowest BCUT2D eigenvalue weighted by Crippen LogP contribution is -2.53. The first-order valence-electron chi connectivity index (χ1n) is 11.7. The summed E-state index contributed by atoms with van der Waals surface area (Å²) in [4.78, 5) is 38.4. The Labute approximate surface area is 207 Å². The SMILES string of the molecule is CC(C)S(=O)(=O)C[C@@H]1CC(NC(=O)O)CC[C@@H]1N1CCC(NC(=O)c2cccc(C(F)(F)F)c2)C1=O. The second-order valence-electron chi connectivity index (χ2n) is 9.59. The molecule has 9 nitrogen and oxygen atoms in total. The largest absolute Gasteiger partial charge is 0.465 e. The molecule has 200 valence electrons. The molecule has 1 saturated heterocycles. The quantitative estimate of drug-likeness (QED) is 0.494. The summed E-state index contributed by atoms with van der Waals surface area (Å²) >= 11 is 0. The van der Waals surface area contributed by atoms with Gasteiger partial charge in [-0.1, -0.05) is 6.07 Å². The summed E-state index contributed by atoms with van der Waals surface area (Å²) in [6.45, 7) is 3.35. The number of hydrogen-bond donors (Lipinski definition) is 3. The first-order chi connectivity index (χ1) is 16.7. The van der Waals surface area contributed by atoms with Crippen molar-refractivity contribution in [3.8, 4) is 0 Å². The van der Waals surface area contributed by atoms with Crippen LogP contribution in [0.3, 0.4) is 0 Å². The molecule has 1 aromatic rings. The minimum atomic E-state index is -4.62. The van der Waals surface area contributed by atoms with Gasteiger partial charge < -0.3 is 20.6 Å². The molecule has 1 aromatic carbocycles. The molecule has 0 aromatic heterocycles. The molecule has 0 spiro atoms. The van der Waals surface area contributed by atoms with Crippen LogP contribution in [-0.2, 0) is 20.8 Å². The number of hydrogen-bond acceptors (Lipinski definition) is 5. The highest BCUT2D eigenvalue weighted by Gasteiger charge is 2.44. The molecule has 4 atom stereocenters. The molecule has 3 N–H and O–H groups in total. The van der Waals surface area contributed by atoms with Crippen LogP contribution in [0, 0.1) is 5.92 Å². The molecule has 1 heterocycles. The van der Waals surface area contributed by atoms with E-state index < -0.39 is 68.8 Å². The Morgan fingerprint density at radius 3 is 2.47 bits per heavy atom. The van der Waals surface area contributed by atoms with Crippen molar-refractivity contribution >= 4 is 27.7 Å². The van der Waals surface area contributed by atoms with Gasteiger partial charge >= 0.3 is 12.3 Å². The summed E-state index contributed by atoms with van der Waals surface area (Å²) in [5.41, 5.74) is -1.20. The van der Waals surface area contributed by atoms with Gasteiger partial charge in [0, 0.05) is 24.2 Å². The van der Waals surface area contributed by atoms with Gasteiger partial charge in [0.05, 0.1) is 16.6 Å². The molecule has 2 fully saturated rings. The van der Waals surface area contributed by atoms with Crippen molar-refractivity contribution in [2.75, 3.05) is 12.3 Å². The van der Waals surface area contributed by atoms with E-state index >= 15 is 0 Å². The van der Waals surface area contributed by atoms with Crippen molar-refractivity contribution in [2.45, 2.75) is 69.1 Å². The lowest BCUT2D eigenvalue weighted by molar-refractivity contribution is -0.137. The van der Waals surface area contributed by atoms with Crippen LogP contribution in [0.25, 0.3) is 0 Å². The zero-order valence-corrected chi connectivity index (χ0v) is 20.7. The zero-order chi connectivity index (χ0) is 26.8. The Kier molecular flexibility index (Phi) is 8.21. The Hall–Kier alpha value is -2.83. The van der Waals surface area contributed by atoms with Crippen molar-refractivity contribution in [1.29, 1.82) is 0 Å². The minimum absolute atomic E-state index is 0.210. The Balaban J connectivity index is 1.74. The van der Waals surface area contributed by atoms with Crippen molar-refractivity contribution in [3.05, 3.63) is 35.4 Å². The molecule has 2 aliphatic rings. The molecule has 1 aliphatic carbocycles. The molecular formula is C23H30F3N3O6S. The summed E-state index contributed by atoms with van der Waals surface area (Å²) in [6, 6.07) is 2.04. The highest BCUT2D eigenvalue weighted by atomic mass is 32.2. The maximum Gasteiger partial charge on any atom is 0.416 e. The smallest absolute Gasteiger partial charge is 0.416 e. The lowest BCUT2D eigenvalue weighted by atomic mass is 9.81. The van der Waals surface area contributed by atoms with Gasteiger partial charge in [0.15, 0.2) is 9.84 Å². The van der Waals surface area contributed by atoms with Gasteiger partial charge in [0.2, 0.25) is 5.91 Å². The molecule has 0 bridgehead atoms. The van der Waals surface area contributed by atoms with Crippen LogP contribution in [0.2, 0.25) is 0 Å². The van der Waals surface area contributed by atoms with Crippen LogP contribution in [0.1, 0.15) is 55.5 Å². The zero-order valence-electron chi connectivity index (χ0n) is 19.9. The molecule has 1 aliphatic heterocycles. The third-order valence-electron chi connectivity index (χ3n) is 6.83. The summed E-state index contributed by atoms with van der Waals surface area (Å²) < 4.78 is 64.3. The van der Waals surface area contributed by atoms with Crippen molar-refractivity contribution in [1.82, 2.24) is 15.5 Å². The van der Waals surface area contributed by atoms with E-state index in [2.05, 4.69) is 10.6 Å². The normalized spacial score (nSPS) is 25.2. The number of halogens is 3. The molecule has 1 saturated carbocycles. The number of carbonyl (C=O) groups is 3. The fourth-order valence-electron chi connectivity index (χ4n) is 4.88. The summed E-state index contributed by atoms with van der Waals surface area (Å²) in [6.07, 6.45) is -4.56. The van der Waals surface area contributed by atoms with Crippen molar-refractivity contribution in [2.24, 2.45) is 5.92 Å². The maximum atomic E-state index is 13.2. The Morgan fingerprint density at radius 2 is 1.86 bits per heavy atom. The molecule has 0 radical (unpaired) electrons. The highest BCUT2D eigenvalue weighted by molar-refractivity contribution is 7.91. The van der Waals surface area contributed by atoms with E-state index in [4.69, 9.17) is 5.11 Å². The number of rotatable bonds is 7. The van der Waals surface area contributed by atoms with Gasteiger partial charge in [0.1, 0.15) is 6.04 Å². The second-order valence-corrected chi connectivity index (χ2v) is 12.2. The fraction of sp³-hybridized carbons (Fsp3) is 0.609. The predicted molar refractivity (Wildman–Crippen MR) is 124 cm³/mol. The van der Waals surface area contributed by atoms with E-state index in [1.54, 1.807) is 13.8 Å². The number of amides is 3. The monoisotopic (exact) mass is 533 g/mol. The topological polar surface area (TPSA) is 133 Å². The standard InChI is InChI=1S/C23H30F3N3O6S/c1-13(2)36(34,35)12-15-11-17(27-22(32)33)6-7-19(15)29-9-8-18(21(29)31)28-20(30)14-4-3-5-16(10-14)23(24,25)26/h3-5,10,13,15,17-19,27H,6-9,11-12H2,1-2H3,(H,28,30)(H,32,33)/t15-,17?,18?,19-/m0/s1. The summed E-state index contributed by atoms with van der Waals surface area (Å²) in [5, 5.41) is 13.3. The average Bonchev–Trinajstić information content (AvgIpc) is 3.12. The van der Waals surface area contributed by atoms with Gasteiger partial charge in [-0.3, -0.25) is 9.59 Å². The molecule has 3 amide bonds. The third kappa shape index (κ3) is 6.48. The van der Waals surface area contributed by atoms with Crippen LogP contribution in [0.5, 0.6) is 0 Å². The summed E-state index contributed by atoms with van der Waals surface area (Å²) in [5.74, 6) is -1.96. The van der Waals surface area contributed by atoms with Gasteiger partial charge in [-0.05, 0) is 63.6 Å². The van der Waals surface area contributed by atoms with Crippen molar-refractivity contribution < 1.29 is 41.1 Å². The number of alkyl halides is 3. The number of carbonyl (C=O) groups excluding carboxylic acids is 2. The molecular weight excluding hydrogens is 503 g/mol. The van der Waals surface area contributed by atoms with Crippen LogP contribution in [0.15, 0.2) is 24.3 Å². The number of nitrogens with zero attached hydrogens (tertiary/aromatic N) is 1. The van der Waals surface area contributed by atoms with E-state index in [0.717, 1.165) is 18.2 Å². The van der Waals surface area contributed by atoms with E-state index in [1.807, 2.05) is 0 Å². The number of likely N-dealkylation sites (tertiary alicyclic amines) is 1. The van der Waals surface area contributed by atoms with Crippen molar-refractivity contribution in [3.63, 3.8) is 0 Å². The lowest BCUT2D eigenvalue weighted by Gasteiger charge is -2.41. The molecule has 13 heteroatoms. The van der Waals surface area contributed by atoms with E-state index in [1.165, 1.54) is 11.0 Å². The second kappa shape index (κ2) is 10.7. The van der Waals surface area contributed by atoms with Crippen LogP contribution >= 0.6 is 0 Å². The van der Waals surface area contributed by atoms with Crippen LogP contribution in [-0.4, -0.2) is 72.0 Å². The number of sulfone groups is 1. The Bertz CT molecular complexity index is 1110. The third-order valence-corrected chi connectivity index (χ3v) is 9.16. The molecule has 2 unspecified atom stereocenters. The summed E-state index contributed by atoms with van der Waals surface area (Å²) in [7, 11) is -3.49. The van der Waals surface area contributed by atoms with Gasteiger partial charge in [-0.2, -0.15) is 13.2 Å². The minimum Gasteiger partial charge on any atom is -0.465 e. The van der Waals surface area contributed by atoms with Crippen LogP contribution < -0.4 is 10.6 Å². The first-order valence-corrected chi connectivity index (χ1v) is 13.4. The predicted octanol–water partition coefficient (Wildman–Crippen LogP) is 2.66. The maximum absolute atomic E-state index is 13.2. The highest BCUT2D eigenvalue weighted by Crippen LogP contribution is 2.34. The van der Waals surface area contributed by atoms with E-state index in [0.29, 0.717) is 12.8 Å². The Morgan fingerprint density at radius 1 is 1.17 bits per heavy atom. The number of benzene rings is 1. The first kappa shape index (κ1) is 27.8.